The van der Waals surface area contributed by atoms with E-state index in [0.29, 0.717) is 0 Å². The Labute approximate surface area is 73.0 Å². The van der Waals surface area contributed by atoms with Gasteiger partial charge in [-0.05, 0) is 0 Å². The second kappa shape index (κ2) is 2.89. The minimum atomic E-state index is -1.64. The lowest BCUT2D eigenvalue weighted by atomic mass is 10.4. The second-order valence-corrected chi connectivity index (χ2v) is 8.81. The fourth-order valence-corrected chi connectivity index (χ4v) is 2.61. The van der Waals surface area contributed by atoms with E-state index in [-0.39, 0.29) is 24.9 Å². The molecule has 1 N–H and O–H groups in total. The van der Waals surface area contributed by atoms with Crippen LogP contribution in [0.15, 0.2) is 0 Å². The maximum Gasteiger partial charge on any atom is 0.239 e. The summed E-state index contributed by atoms with van der Waals surface area (Å²) in [5.74, 6) is 0.00536. The molecule has 0 aliphatic carbocycles. The first kappa shape index (κ1) is 9.25. The highest BCUT2D eigenvalue weighted by molar-refractivity contribution is 6.75. The maximum atomic E-state index is 11.3. The van der Waals surface area contributed by atoms with Crippen molar-refractivity contribution in [2.24, 2.45) is 0 Å². The van der Waals surface area contributed by atoms with Crippen LogP contribution in [0.1, 0.15) is 0 Å². The Morgan fingerprint density at radius 1 is 1.33 bits per heavy atom. The molecule has 0 aromatic rings. The molecule has 0 aromatic carbocycles. The number of hydrogen-bond acceptors (Lipinski definition) is 2. The number of carbonyl (C=O) groups is 2. The van der Waals surface area contributed by atoms with Crippen LogP contribution in [0.5, 0.6) is 0 Å². The first-order chi connectivity index (χ1) is 5.41. The lowest BCUT2D eigenvalue weighted by Gasteiger charge is -2.36. The number of rotatable bonds is 1. The van der Waals surface area contributed by atoms with Gasteiger partial charge < -0.3 is 9.88 Å². The van der Waals surface area contributed by atoms with Crippen LogP contribution in [0.3, 0.4) is 0 Å². The molecule has 68 valence electrons. The van der Waals surface area contributed by atoms with Crippen molar-refractivity contribution in [3.63, 3.8) is 0 Å². The predicted octanol–water partition coefficient (Wildman–Crippen LogP) is -0.220. The van der Waals surface area contributed by atoms with Crippen molar-refractivity contribution in [3.8, 4) is 0 Å². The Kier molecular flexibility index (Phi) is 2.23. The lowest BCUT2D eigenvalue weighted by molar-refractivity contribution is -0.136. The van der Waals surface area contributed by atoms with Gasteiger partial charge in [-0.25, -0.2) is 0 Å². The van der Waals surface area contributed by atoms with Gasteiger partial charge in [0, 0.05) is 0 Å². The van der Waals surface area contributed by atoms with Gasteiger partial charge in [0.25, 0.3) is 0 Å². The van der Waals surface area contributed by atoms with Crippen molar-refractivity contribution in [1.82, 2.24) is 9.88 Å². The van der Waals surface area contributed by atoms with Crippen molar-refractivity contribution in [3.05, 3.63) is 0 Å². The quantitative estimate of drug-likeness (QED) is 0.576. The highest BCUT2D eigenvalue weighted by Crippen LogP contribution is 2.10. The fraction of sp³-hybridized carbons (Fsp3) is 0.714. The standard InChI is InChI=1S/C7H14N2O2Si/c1-12(2,3)9-5-6(10)8-4-7(9)11/h4-5H2,1-3H3,(H,8,10). The zero-order chi connectivity index (χ0) is 9.35. The Balaban J connectivity index is 2.74. The van der Waals surface area contributed by atoms with E-state index in [2.05, 4.69) is 25.0 Å². The Bertz CT molecular complexity index is 222. The van der Waals surface area contributed by atoms with E-state index >= 15 is 0 Å². The molecule has 0 unspecified atom stereocenters. The average molecular weight is 186 g/mol. The number of piperazine rings is 1. The van der Waals surface area contributed by atoms with Gasteiger partial charge in [0.1, 0.15) is 0 Å². The minimum Gasteiger partial charge on any atom is -0.360 e. The molecule has 0 bridgehead atoms. The molecule has 0 atom stereocenters. The molecule has 2 amide bonds. The molecule has 1 heterocycles. The molecule has 0 spiro atoms. The van der Waals surface area contributed by atoms with Crippen molar-refractivity contribution in [1.29, 1.82) is 0 Å². The first-order valence-corrected chi connectivity index (χ1v) is 7.43. The Hall–Kier alpha value is -0.843. The summed E-state index contributed by atoms with van der Waals surface area (Å²) in [6.45, 7) is 6.59. The third kappa shape index (κ3) is 1.85. The van der Waals surface area contributed by atoms with Crippen LogP contribution in [0.2, 0.25) is 19.6 Å². The summed E-state index contributed by atoms with van der Waals surface area (Å²) in [7, 11) is -1.64. The molecular formula is C7H14N2O2Si. The minimum absolute atomic E-state index is 0.0444. The number of nitrogens with one attached hydrogen (secondary N) is 1. The smallest absolute Gasteiger partial charge is 0.239 e. The van der Waals surface area contributed by atoms with Crippen LogP contribution < -0.4 is 5.32 Å². The molecule has 4 nitrogen and oxygen atoms in total. The summed E-state index contributed by atoms with van der Waals surface area (Å²) in [6.07, 6.45) is 0. The fourth-order valence-electron chi connectivity index (χ4n) is 1.17. The van der Waals surface area contributed by atoms with Gasteiger partial charge in [0.05, 0.1) is 13.1 Å². The van der Waals surface area contributed by atoms with Crippen LogP contribution in [0.25, 0.3) is 0 Å². The first-order valence-electron chi connectivity index (χ1n) is 3.98. The molecule has 1 aliphatic rings. The van der Waals surface area contributed by atoms with Crippen molar-refractivity contribution < 1.29 is 9.59 Å². The Morgan fingerprint density at radius 2 is 1.92 bits per heavy atom. The molecule has 0 radical (unpaired) electrons. The van der Waals surface area contributed by atoms with Crippen LogP contribution in [-0.2, 0) is 9.59 Å². The van der Waals surface area contributed by atoms with Gasteiger partial charge in [-0.3, -0.25) is 9.59 Å². The molecule has 5 heteroatoms. The third-order valence-electron chi connectivity index (χ3n) is 1.85. The van der Waals surface area contributed by atoms with E-state index in [9.17, 15) is 9.59 Å². The predicted molar refractivity (Wildman–Crippen MR) is 48.1 cm³/mol. The van der Waals surface area contributed by atoms with E-state index in [0.717, 1.165) is 0 Å². The normalized spacial score (nSPS) is 19.4. The SMILES string of the molecule is C[Si](C)(C)N1CC(=O)NCC1=O. The van der Waals surface area contributed by atoms with Crippen LogP contribution in [0.4, 0.5) is 0 Å². The van der Waals surface area contributed by atoms with Crippen molar-refractivity contribution >= 4 is 20.0 Å². The van der Waals surface area contributed by atoms with Crippen molar-refractivity contribution in [2.75, 3.05) is 13.1 Å². The van der Waals surface area contributed by atoms with Gasteiger partial charge in [-0.15, -0.1) is 0 Å². The summed E-state index contributed by atoms with van der Waals surface area (Å²) >= 11 is 0. The third-order valence-corrected chi connectivity index (χ3v) is 3.88. The second-order valence-electron chi connectivity index (χ2n) is 3.93. The van der Waals surface area contributed by atoms with Crippen molar-refractivity contribution in [2.45, 2.75) is 19.6 Å². The zero-order valence-electron chi connectivity index (χ0n) is 7.68. The van der Waals surface area contributed by atoms with E-state index < -0.39 is 8.24 Å². The van der Waals surface area contributed by atoms with Crippen LogP contribution in [0, 0.1) is 0 Å². The monoisotopic (exact) mass is 186 g/mol. The summed E-state index contributed by atoms with van der Waals surface area (Å²) < 4.78 is 1.73. The zero-order valence-corrected chi connectivity index (χ0v) is 8.68. The lowest BCUT2D eigenvalue weighted by Crippen LogP contribution is -2.60. The number of hydrogen-bond donors (Lipinski definition) is 1. The van der Waals surface area contributed by atoms with E-state index in [1.807, 2.05) is 0 Å². The van der Waals surface area contributed by atoms with Gasteiger partial charge in [-0.2, -0.15) is 0 Å². The molecule has 1 rings (SSSR count). The summed E-state index contributed by atoms with van der Waals surface area (Å²) in [5, 5.41) is 2.53. The average Bonchev–Trinajstić information content (AvgIpc) is 1.92. The topological polar surface area (TPSA) is 49.4 Å². The molecular weight excluding hydrogens is 172 g/mol. The van der Waals surface area contributed by atoms with E-state index in [1.165, 1.54) is 0 Å². The summed E-state index contributed by atoms with van der Waals surface area (Å²) in [4.78, 5) is 22.3. The van der Waals surface area contributed by atoms with Crippen LogP contribution >= 0.6 is 0 Å². The van der Waals surface area contributed by atoms with Crippen LogP contribution in [-0.4, -0.2) is 37.7 Å². The van der Waals surface area contributed by atoms with Gasteiger partial charge >= 0.3 is 0 Å². The molecule has 1 fully saturated rings. The molecule has 0 aromatic heterocycles. The maximum absolute atomic E-state index is 11.3. The molecule has 12 heavy (non-hydrogen) atoms. The molecule has 1 saturated heterocycles. The van der Waals surface area contributed by atoms with Gasteiger partial charge in [0.15, 0.2) is 8.24 Å². The van der Waals surface area contributed by atoms with E-state index in [4.69, 9.17) is 0 Å². The highest BCUT2D eigenvalue weighted by Gasteiger charge is 2.32. The molecule has 0 saturated carbocycles. The summed E-state index contributed by atoms with van der Waals surface area (Å²) in [5.41, 5.74) is 0. The molecule has 1 aliphatic heterocycles. The Morgan fingerprint density at radius 3 is 2.33 bits per heavy atom. The van der Waals surface area contributed by atoms with E-state index in [1.54, 1.807) is 4.57 Å². The number of nitrogens with zero attached hydrogens (tertiary/aromatic N) is 1. The number of carbonyl (C=O) groups excluding carboxylic acids is 2. The summed E-state index contributed by atoms with van der Waals surface area (Å²) in [6, 6.07) is 0. The highest BCUT2D eigenvalue weighted by atomic mass is 28.3. The largest absolute Gasteiger partial charge is 0.360 e. The van der Waals surface area contributed by atoms with Gasteiger partial charge in [0.2, 0.25) is 11.8 Å². The number of amides is 2. The van der Waals surface area contributed by atoms with Gasteiger partial charge in [-0.1, -0.05) is 19.6 Å².